The molecule has 0 N–H and O–H groups in total. The van der Waals surface area contributed by atoms with Crippen LogP contribution >= 0.6 is 43.6 Å². The second-order valence-corrected chi connectivity index (χ2v) is 5.99. The van der Waals surface area contributed by atoms with E-state index in [1.807, 2.05) is 30.3 Å². The van der Waals surface area contributed by atoms with Crippen LogP contribution in [0.4, 0.5) is 0 Å². The third kappa shape index (κ3) is 3.24. The number of nitrogens with zero attached hydrogens (tertiary/aromatic N) is 1. The summed E-state index contributed by atoms with van der Waals surface area (Å²) in [7, 11) is 1.67. The van der Waals surface area contributed by atoms with E-state index in [1.54, 1.807) is 25.1 Å². The quantitative estimate of drug-likeness (QED) is 0.772. The predicted octanol–water partition coefficient (Wildman–Crippen LogP) is 4.77. The second-order valence-electron chi connectivity index (χ2n) is 3.19. The third-order valence-electron chi connectivity index (χ3n) is 2.05. The van der Waals surface area contributed by atoms with Crippen molar-refractivity contribution in [1.82, 2.24) is 4.98 Å². The first-order valence-electron chi connectivity index (χ1n) is 4.82. The molecular formula is C12H9Br2NOS. The zero-order chi connectivity index (χ0) is 12.3. The van der Waals surface area contributed by atoms with Crippen LogP contribution in [0.2, 0.25) is 0 Å². The van der Waals surface area contributed by atoms with Crippen molar-refractivity contribution >= 4 is 43.6 Å². The van der Waals surface area contributed by atoms with Crippen molar-refractivity contribution in [3.63, 3.8) is 0 Å². The summed E-state index contributed by atoms with van der Waals surface area (Å²) >= 11 is 8.45. The summed E-state index contributed by atoms with van der Waals surface area (Å²) in [4.78, 5) is 5.41. The van der Waals surface area contributed by atoms with Gasteiger partial charge in [0.15, 0.2) is 0 Å². The molecule has 0 saturated heterocycles. The average molecular weight is 375 g/mol. The van der Waals surface area contributed by atoms with Gasteiger partial charge in [-0.25, -0.2) is 4.98 Å². The first-order valence-corrected chi connectivity index (χ1v) is 7.23. The molecule has 88 valence electrons. The van der Waals surface area contributed by atoms with Gasteiger partial charge in [0, 0.05) is 10.7 Å². The highest BCUT2D eigenvalue weighted by molar-refractivity contribution is 9.11. The maximum absolute atomic E-state index is 5.31. The summed E-state index contributed by atoms with van der Waals surface area (Å²) in [5.41, 5.74) is 0. The van der Waals surface area contributed by atoms with Gasteiger partial charge in [-0.1, -0.05) is 23.9 Å². The monoisotopic (exact) mass is 373 g/mol. The fourth-order valence-corrected chi connectivity index (χ4v) is 3.38. The van der Waals surface area contributed by atoms with Gasteiger partial charge in [-0.3, -0.25) is 0 Å². The number of hydrogen-bond acceptors (Lipinski definition) is 3. The minimum absolute atomic E-state index is 0.856. The SMILES string of the molecule is COc1ccccc1Sc1ncc(Br)cc1Br. The molecule has 0 unspecified atom stereocenters. The van der Waals surface area contributed by atoms with E-state index in [2.05, 4.69) is 36.8 Å². The van der Waals surface area contributed by atoms with Crippen molar-refractivity contribution in [2.75, 3.05) is 7.11 Å². The highest BCUT2D eigenvalue weighted by Gasteiger charge is 2.08. The largest absolute Gasteiger partial charge is 0.496 e. The maximum atomic E-state index is 5.31. The van der Waals surface area contributed by atoms with Crippen LogP contribution in [0.5, 0.6) is 5.75 Å². The van der Waals surface area contributed by atoms with Crippen LogP contribution in [0.3, 0.4) is 0 Å². The van der Waals surface area contributed by atoms with Gasteiger partial charge in [-0.05, 0) is 50.1 Å². The third-order valence-corrected chi connectivity index (χ3v) is 4.43. The molecule has 0 amide bonds. The van der Waals surface area contributed by atoms with Crippen LogP contribution in [-0.4, -0.2) is 12.1 Å². The van der Waals surface area contributed by atoms with Crippen LogP contribution in [0.25, 0.3) is 0 Å². The number of ether oxygens (including phenoxy) is 1. The molecule has 0 spiro atoms. The van der Waals surface area contributed by atoms with Crippen molar-refractivity contribution < 1.29 is 4.74 Å². The van der Waals surface area contributed by atoms with Crippen LogP contribution in [0.15, 0.2) is 55.4 Å². The van der Waals surface area contributed by atoms with E-state index in [1.165, 1.54) is 0 Å². The molecule has 0 fully saturated rings. The summed E-state index contributed by atoms with van der Waals surface area (Å²) in [6.07, 6.45) is 1.78. The molecule has 0 radical (unpaired) electrons. The number of methoxy groups -OCH3 is 1. The Morgan fingerprint density at radius 1 is 1.24 bits per heavy atom. The normalized spacial score (nSPS) is 10.3. The molecular weight excluding hydrogens is 366 g/mol. The second kappa shape index (κ2) is 5.89. The highest BCUT2D eigenvalue weighted by atomic mass is 79.9. The number of para-hydroxylation sites is 1. The van der Waals surface area contributed by atoms with E-state index < -0.39 is 0 Å². The van der Waals surface area contributed by atoms with Gasteiger partial charge in [0.1, 0.15) is 10.8 Å². The minimum atomic E-state index is 0.856. The van der Waals surface area contributed by atoms with E-state index in [4.69, 9.17) is 4.74 Å². The molecule has 2 nitrogen and oxygen atoms in total. The molecule has 0 bridgehead atoms. The van der Waals surface area contributed by atoms with Gasteiger partial charge >= 0.3 is 0 Å². The predicted molar refractivity (Wildman–Crippen MR) is 76.8 cm³/mol. The van der Waals surface area contributed by atoms with Crippen molar-refractivity contribution in [3.05, 3.63) is 45.5 Å². The fraction of sp³-hybridized carbons (Fsp3) is 0.0833. The van der Waals surface area contributed by atoms with Gasteiger partial charge in [0.05, 0.1) is 16.5 Å². The van der Waals surface area contributed by atoms with Crippen LogP contribution in [0, 0.1) is 0 Å². The lowest BCUT2D eigenvalue weighted by molar-refractivity contribution is 0.405. The Balaban J connectivity index is 2.31. The summed E-state index contributed by atoms with van der Waals surface area (Å²) in [6, 6.07) is 9.87. The lowest BCUT2D eigenvalue weighted by Gasteiger charge is -2.08. The van der Waals surface area contributed by atoms with E-state index in [-0.39, 0.29) is 0 Å². The molecule has 1 heterocycles. The molecule has 0 aliphatic rings. The van der Waals surface area contributed by atoms with E-state index in [0.717, 1.165) is 24.6 Å². The van der Waals surface area contributed by atoms with Crippen molar-refractivity contribution in [3.8, 4) is 5.75 Å². The number of hydrogen-bond donors (Lipinski definition) is 0. The lowest BCUT2D eigenvalue weighted by Crippen LogP contribution is -1.87. The van der Waals surface area contributed by atoms with Crippen molar-refractivity contribution in [2.24, 2.45) is 0 Å². The van der Waals surface area contributed by atoms with Crippen LogP contribution in [-0.2, 0) is 0 Å². The van der Waals surface area contributed by atoms with Gasteiger partial charge in [-0.2, -0.15) is 0 Å². The van der Waals surface area contributed by atoms with Crippen LogP contribution < -0.4 is 4.74 Å². The Morgan fingerprint density at radius 2 is 2.00 bits per heavy atom. The number of benzene rings is 1. The van der Waals surface area contributed by atoms with E-state index >= 15 is 0 Å². The van der Waals surface area contributed by atoms with Gasteiger partial charge in [0.2, 0.25) is 0 Å². The Bertz CT molecular complexity index is 534. The number of aromatic nitrogens is 1. The Hall–Kier alpha value is -0.520. The smallest absolute Gasteiger partial charge is 0.132 e. The van der Waals surface area contributed by atoms with E-state index in [0.29, 0.717) is 0 Å². The summed E-state index contributed by atoms with van der Waals surface area (Å²) in [6.45, 7) is 0. The van der Waals surface area contributed by atoms with Crippen LogP contribution in [0.1, 0.15) is 0 Å². The average Bonchev–Trinajstić information content (AvgIpc) is 2.33. The zero-order valence-electron chi connectivity index (χ0n) is 8.98. The molecule has 2 rings (SSSR count). The number of pyridine rings is 1. The molecule has 1 aromatic carbocycles. The summed E-state index contributed by atoms with van der Waals surface area (Å²) in [5, 5.41) is 0.915. The molecule has 2 aromatic rings. The molecule has 0 saturated carbocycles. The zero-order valence-corrected chi connectivity index (χ0v) is 13.0. The summed E-state index contributed by atoms with van der Waals surface area (Å²) in [5.74, 6) is 0.856. The first kappa shape index (κ1) is 12.9. The van der Waals surface area contributed by atoms with Crippen molar-refractivity contribution in [1.29, 1.82) is 0 Å². The number of rotatable bonds is 3. The Morgan fingerprint density at radius 3 is 2.71 bits per heavy atom. The Labute approximate surface area is 121 Å². The van der Waals surface area contributed by atoms with Gasteiger partial charge < -0.3 is 4.74 Å². The maximum Gasteiger partial charge on any atom is 0.132 e. The lowest BCUT2D eigenvalue weighted by atomic mass is 10.3. The first-order chi connectivity index (χ1) is 8.20. The highest BCUT2D eigenvalue weighted by Crippen LogP contribution is 2.37. The van der Waals surface area contributed by atoms with E-state index in [9.17, 15) is 0 Å². The fourth-order valence-electron chi connectivity index (χ4n) is 1.28. The topological polar surface area (TPSA) is 22.1 Å². The molecule has 1 aromatic heterocycles. The molecule has 5 heteroatoms. The molecule has 0 atom stereocenters. The summed E-state index contributed by atoms with van der Waals surface area (Å²) < 4.78 is 7.22. The standard InChI is InChI=1S/C12H9Br2NOS/c1-16-10-4-2-3-5-11(10)17-12-9(14)6-8(13)7-15-12/h2-7H,1H3. The molecule has 17 heavy (non-hydrogen) atoms. The number of halogens is 2. The Kier molecular flexibility index (Phi) is 4.48. The minimum Gasteiger partial charge on any atom is -0.496 e. The van der Waals surface area contributed by atoms with Gasteiger partial charge in [-0.15, -0.1) is 0 Å². The van der Waals surface area contributed by atoms with Crippen molar-refractivity contribution in [2.45, 2.75) is 9.92 Å². The van der Waals surface area contributed by atoms with Gasteiger partial charge in [0.25, 0.3) is 0 Å². The molecule has 0 aliphatic heterocycles. The molecule has 0 aliphatic carbocycles.